The summed E-state index contributed by atoms with van der Waals surface area (Å²) in [7, 11) is 0. The van der Waals surface area contributed by atoms with Crippen molar-refractivity contribution in [2.45, 2.75) is 31.8 Å². The van der Waals surface area contributed by atoms with Gasteiger partial charge in [-0.1, -0.05) is 23.4 Å². The third kappa shape index (κ3) is 3.59. The molecule has 0 amide bonds. The van der Waals surface area contributed by atoms with Gasteiger partial charge < -0.3 is 4.84 Å². The van der Waals surface area contributed by atoms with Crippen LogP contribution in [0.15, 0.2) is 34.3 Å². The van der Waals surface area contributed by atoms with Crippen LogP contribution >= 0.6 is 11.8 Å². The number of rotatable bonds is 4. The van der Waals surface area contributed by atoms with Gasteiger partial charge in [0.05, 0.1) is 5.71 Å². The lowest BCUT2D eigenvalue weighted by atomic mass is 10.1. The van der Waals surface area contributed by atoms with Crippen LogP contribution in [0.25, 0.3) is 0 Å². The summed E-state index contributed by atoms with van der Waals surface area (Å²) in [6.45, 7) is 5.91. The quantitative estimate of drug-likeness (QED) is 0.442. The Labute approximate surface area is 95.7 Å². The van der Waals surface area contributed by atoms with Crippen molar-refractivity contribution < 1.29 is 4.84 Å². The Bertz CT molecular complexity index is 347. The average molecular weight is 223 g/mol. The number of benzene rings is 1. The summed E-state index contributed by atoms with van der Waals surface area (Å²) in [6, 6.07) is 8.21. The minimum atomic E-state index is 0.126. The van der Waals surface area contributed by atoms with Gasteiger partial charge in [-0.3, -0.25) is 0 Å². The van der Waals surface area contributed by atoms with Crippen LogP contribution in [-0.2, 0) is 4.84 Å². The summed E-state index contributed by atoms with van der Waals surface area (Å²) in [4.78, 5) is 6.46. The smallest absolute Gasteiger partial charge is 0.122 e. The molecule has 0 bridgehead atoms. The predicted octanol–water partition coefficient (Wildman–Crippen LogP) is 3.56. The molecular weight excluding hydrogens is 206 g/mol. The molecule has 0 spiro atoms. The zero-order valence-corrected chi connectivity index (χ0v) is 10.5. The van der Waals surface area contributed by atoms with E-state index in [1.165, 1.54) is 4.90 Å². The molecule has 0 heterocycles. The van der Waals surface area contributed by atoms with Gasteiger partial charge >= 0.3 is 0 Å². The van der Waals surface area contributed by atoms with Crippen LogP contribution in [0.4, 0.5) is 0 Å². The third-order valence-corrected chi connectivity index (χ3v) is 2.69. The molecule has 0 saturated carbocycles. The monoisotopic (exact) mass is 223 g/mol. The number of hydrogen-bond acceptors (Lipinski definition) is 3. The van der Waals surface area contributed by atoms with E-state index in [0.717, 1.165) is 11.3 Å². The summed E-state index contributed by atoms with van der Waals surface area (Å²) in [5.41, 5.74) is 2.07. The SMILES string of the molecule is CSc1ccccc1C(C)=N[16O]C(C)C. The molecule has 0 unspecified atom stereocenters. The van der Waals surface area contributed by atoms with Crippen LogP contribution in [0.2, 0.25) is 0 Å². The molecule has 2 nitrogen and oxygen atoms in total. The van der Waals surface area contributed by atoms with Gasteiger partial charge in [0.25, 0.3) is 0 Å². The lowest BCUT2D eigenvalue weighted by Crippen LogP contribution is -2.02. The second-order valence-electron chi connectivity index (χ2n) is 3.53. The van der Waals surface area contributed by atoms with Crippen LogP contribution in [0.3, 0.4) is 0 Å². The maximum atomic E-state index is 5.24. The van der Waals surface area contributed by atoms with Crippen molar-refractivity contribution in [2.24, 2.45) is 5.16 Å². The third-order valence-electron chi connectivity index (χ3n) is 1.90. The van der Waals surface area contributed by atoms with Crippen molar-refractivity contribution >= 4 is 17.5 Å². The summed E-state index contributed by atoms with van der Waals surface area (Å²) >= 11 is 1.72. The molecule has 0 atom stereocenters. The first kappa shape index (κ1) is 12.1. The highest BCUT2D eigenvalue weighted by Gasteiger charge is 2.04. The molecule has 15 heavy (non-hydrogen) atoms. The van der Waals surface area contributed by atoms with Gasteiger partial charge in [-0.2, -0.15) is 0 Å². The fourth-order valence-corrected chi connectivity index (χ4v) is 1.83. The molecule has 0 aromatic heterocycles. The Morgan fingerprint density at radius 2 is 2.00 bits per heavy atom. The molecule has 0 aliphatic heterocycles. The van der Waals surface area contributed by atoms with Gasteiger partial charge in [0.15, 0.2) is 0 Å². The molecule has 1 rings (SSSR count). The highest BCUT2D eigenvalue weighted by Crippen LogP contribution is 2.20. The minimum absolute atomic E-state index is 0.126. The van der Waals surface area contributed by atoms with E-state index in [9.17, 15) is 0 Å². The molecular formula is C12H17NOS. The highest BCUT2D eigenvalue weighted by molar-refractivity contribution is 7.98. The average Bonchev–Trinajstić information content (AvgIpc) is 2.25. The molecule has 0 aliphatic carbocycles. The summed E-state index contributed by atoms with van der Waals surface area (Å²) < 4.78 is 0. The zero-order chi connectivity index (χ0) is 11.3. The van der Waals surface area contributed by atoms with Crippen molar-refractivity contribution in [3.05, 3.63) is 29.8 Å². The van der Waals surface area contributed by atoms with Crippen LogP contribution in [0.1, 0.15) is 26.3 Å². The van der Waals surface area contributed by atoms with Crippen LogP contribution in [0, 0.1) is 0 Å². The van der Waals surface area contributed by atoms with Crippen molar-refractivity contribution in [3.63, 3.8) is 0 Å². The van der Waals surface area contributed by atoms with E-state index in [4.69, 9.17) is 4.84 Å². The fraction of sp³-hybridized carbons (Fsp3) is 0.417. The Morgan fingerprint density at radius 1 is 1.33 bits per heavy atom. The first-order chi connectivity index (χ1) is 7.15. The maximum Gasteiger partial charge on any atom is 0.122 e. The van der Waals surface area contributed by atoms with Gasteiger partial charge in [0.1, 0.15) is 6.10 Å². The number of thioether (sulfide) groups is 1. The topological polar surface area (TPSA) is 21.6 Å². The number of nitrogens with zero attached hydrogens (tertiary/aromatic N) is 1. The largest absolute Gasteiger partial charge is 0.393 e. The summed E-state index contributed by atoms with van der Waals surface area (Å²) in [6.07, 6.45) is 2.19. The second-order valence-corrected chi connectivity index (χ2v) is 4.38. The molecule has 1 aromatic rings. The lowest BCUT2D eigenvalue weighted by Gasteiger charge is -2.07. The minimum Gasteiger partial charge on any atom is -0.393 e. The molecule has 0 N–H and O–H groups in total. The van der Waals surface area contributed by atoms with E-state index in [1.54, 1.807) is 11.8 Å². The Hall–Kier alpha value is -0.960. The first-order valence-corrected chi connectivity index (χ1v) is 6.21. The maximum absolute atomic E-state index is 5.24. The van der Waals surface area contributed by atoms with E-state index in [1.807, 2.05) is 32.9 Å². The molecule has 0 aliphatic rings. The highest BCUT2D eigenvalue weighted by atomic mass is 32.2. The Morgan fingerprint density at radius 3 is 2.60 bits per heavy atom. The first-order valence-electron chi connectivity index (χ1n) is 4.99. The van der Waals surface area contributed by atoms with Gasteiger partial charge in [0.2, 0.25) is 0 Å². The van der Waals surface area contributed by atoms with Gasteiger partial charge in [-0.15, -0.1) is 11.8 Å². The van der Waals surface area contributed by atoms with Gasteiger partial charge in [-0.25, -0.2) is 0 Å². The van der Waals surface area contributed by atoms with E-state index in [0.29, 0.717) is 0 Å². The van der Waals surface area contributed by atoms with E-state index < -0.39 is 0 Å². The number of hydrogen-bond donors (Lipinski definition) is 0. The normalized spacial score (nSPS) is 11.9. The molecule has 0 fully saturated rings. The predicted molar refractivity (Wildman–Crippen MR) is 66.7 cm³/mol. The van der Waals surface area contributed by atoms with Crippen molar-refractivity contribution in [3.8, 4) is 0 Å². The van der Waals surface area contributed by atoms with Crippen LogP contribution < -0.4 is 0 Å². The van der Waals surface area contributed by atoms with Gasteiger partial charge in [0, 0.05) is 10.5 Å². The molecule has 0 saturated heterocycles. The van der Waals surface area contributed by atoms with E-state index in [2.05, 4.69) is 23.5 Å². The summed E-state index contributed by atoms with van der Waals surface area (Å²) in [5, 5.41) is 4.11. The number of oxime groups is 1. The molecule has 82 valence electrons. The van der Waals surface area contributed by atoms with Gasteiger partial charge in [-0.05, 0) is 33.1 Å². The summed E-state index contributed by atoms with van der Waals surface area (Å²) in [5.74, 6) is 0. The van der Waals surface area contributed by atoms with E-state index >= 15 is 0 Å². The molecule has 1 aromatic carbocycles. The Balaban J connectivity index is 2.89. The Kier molecular flexibility index (Phi) is 4.69. The van der Waals surface area contributed by atoms with Crippen molar-refractivity contribution in [1.82, 2.24) is 0 Å². The second kappa shape index (κ2) is 5.81. The molecule has 0 radical (unpaired) electrons. The van der Waals surface area contributed by atoms with Crippen LogP contribution in [-0.4, -0.2) is 18.1 Å². The van der Waals surface area contributed by atoms with E-state index in [-0.39, 0.29) is 6.10 Å². The standard InChI is InChI=1S/C12H17NOS/c1-9(2)14-13-10(3)11-7-5-6-8-12(11)15-4/h5-9H,1-4H3/i14+0. The van der Waals surface area contributed by atoms with Crippen molar-refractivity contribution in [2.75, 3.05) is 6.26 Å². The zero-order valence-electron chi connectivity index (χ0n) is 9.65. The molecule has 3 heteroatoms. The lowest BCUT2D eigenvalue weighted by molar-refractivity contribution is 0.0860. The van der Waals surface area contributed by atoms with Crippen molar-refractivity contribution in [1.29, 1.82) is 0 Å². The van der Waals surface area contributed by atoms with Crippen LogP contribution in [0.5, 0.6) is 0 Å². The fourth-order valence-electron chi connectivity index (χ4n) is 1.18.